The zero-order chi connectivity index (χ0) is 14.3. The van der Waals surface area contributed by atoms with Crippen molar-refractivity contribution in [1.82, 2.24) is 4.98 Å². The summed E-state index contributed by atoms with van der Waals surface area (Å²) in [6.45, 7) is 1.83. The molecule has 2 N–H and O–H groups in total. The van der Waals surface area contributed by atoms with Gasteiger partial charge in [-0.2, -0.15) is 0 Å². The van der Waals surface area contributed by atoms with Gasteiger partial charge in [-0.05, 0) is 19.8 Å². The number of rotatable bonds is 9. The monoisotopic (exact) mass is 303 g/mol. The number of unbranched alkanes of at least 4 members (excludes halogenated alkanes) is 2. The van der Waals surface area contributed by atoms with Crippen LogP contribution in [-0.2, 0) is 16.0 Å². The van der Waals surface area contributed by atoms with Gasteiger partial charge in [-0.1, -0.05) is 18.2 Å². The lowest BCUT2D eigenvalue weighted by atomic mass is 10.2. The van der Waals surface area contributed by atoms with E-state index in [2.05, 4.69) is 4.98 Å². The van der Waals surface area contributed by atoms with E-state index in [9.17, 15) is 9.59 Å². The van der Waals surface area contributed by atoms with Crippen molar-refractivity contribution in [3.8, 4) is 0 Å². The minimum absolute atomic E-state index is 0.0304. The van der Waals surface area contributed by atoms with Crippen LogP contribution in [0.5, 0.6) is 0 Å². The number of nitrogens with zero attached hydrogens (tertiary/aromatic N) is 1. The molecule has 0 amide bonds. The van der Waals surface area contributed by atoms with Gasteiger partial charge < -0.3 is 10.2 Å². The largest absolute Gasteiger partial charge is 0.481 e. The highest BCUT2D eigenvalue weighted by atomic mass is 32.2. The van der Waals surface area contributed by atoms with Crippen molar-refractivity contribution < 1.29 is 19.8 Å². The normalized spacial score (nSPS) is 10.6. The smallest absolute Gasteiger partial charge is 0.308 e. The molecular weight excluding hydrogens is 286 g/mol. The molecule has 0 radical (unpaired) electrons. The molecule has 0 aliphatic heterocycles. The van der Waals surface area contributed by atoms with Crippen molar-refractivity contribution in [3.63, 3.8) is 0 Å². The minimum Gasteiger partial charge on any atom is -0.481 e. The average Bonchev–Trinajstić information content (AvgIpc) is 2.63. The van der Waals surface area contributed by atoms with Crippen LogP contribution in [0.3, 0.4) is 0 Å². The van der Waals surface area contributed by atoms with Gasteiger partial charge in [0, 0.05) is 17.1 Å². The number of aliphatic carboxylic acids is 2. The Hall–Kier alpha value is -1.08. The Kier molecular flexibility index (Phi) is 6.86. The van der Waals surface area contributed by atoms with Crippen molar-refractivity contribution in [2.75, 3.05) is 5.75 Å². The van der Waals surface area contributed by atoms with Crippen molar-refractivity contribution in [2.45, 2.75) is 43.4 Å². The number of hydrogen-bond acceptors (Lipinski definition) is 5. The van der Waals surface area contributed by atoms with Gasteiger partial charge in [0.15, 0.2) is 0 Å². The Labute approximate surface area is 120 Å². The second-order valence-corrected chi connectivity index (χ2v) is 6.54. The van der Waals surface area contributed by atoms with E-state index >= 15 is 0 Å². The molecule has 0 unspecified atom stereocenters. The van der Waals surface area contributed by atoms with Gasteiger partial charge in [-0.25, -0.2) is 4.98 Å². The van der Waals surface area contributed by atoms with E-state index in [1.165, 1.54) is 11.3 Å². The number of carboxylic acids is 2. The second-order valence-electron chi connectivity index (χ2n) is 4.11. The molecular formula is C12H17NO4S2. The number of hydrogen-bond donors (Lipinski definition) is 2. The van der Waals surface area contributed by atoms with Crippen LogP contribution in [-0.4, -0.2) is 32.9 Å². The summed E-state index contributed by atoms with van der Waals surface area (Å²) < 4.78 is 0.895. The van der Waals surface area contributed by atoms with Crippen molar-refractivity contribution in [1.29, 1.82) is 0 Å². The molecule has 0 spiro atoms. The Morgan fingerprint density at radius 2 is 1.95 bits per heavy atom. The number of thiazole rings is 1. The fourth-order valence-electron chi connectivity index (χ4n) is 1.48. The van der Waals surface area contributed by atoms with Crippen molar-refractivity contribution in [2.24, 2.45) is 0 Å². The minimum atomic E-state index is -0.836. The predicted molar refractivity (Wildman–Crippen MR) is 75.0 cm³/mol. The second kappa shape index (κ2) is 8.16. The maximum absolute atomic E-state index is 10.6. The summed E-state index contributed by atoms with van der Waals surface area (Å²) in [5.41, 5.74) is 0.792. The van der Waals surface area contributed by atoms with E-state index in [1.54, 1.807) is 11.8 Å². The Balaban J connectivity index is 2.26. The molecule has 0 bridgehead atoms. The van der Waals surface area contributed by atoms with Crippen LogP contribution < -0.4 is 0 Å². The molecule has 7 heteroatoms. The number of carbonyl (C=O) groups is 2. The highest BCUT2D eigenvalue weighted by Gasteiger charge is 2.11. The van der Waals surface area contributed by atoms with Gasteiger partial charge in [0.25, 0.3) is 0 Å². The molecule has 0 saturated heterocycles. The molecule has 1 aromatic heterocycles. The standard InChI is InChI=1S/C12H17NO4S2/c1-8-9(7-11(16)17)19-12(13-8)18-6-4-2-3-5-10(14)15/h2-7H2,1H3,(H,14,15)(H,16,17). The van der Waals surface area contributed by atoms with Gasteiger partial charge in [0.05, 0.1) is 12.1 Å². The summed E-state index contributed by atoms with van der Waals surface area (Å²) in [5.74, 6) is -0.697. The first kappa shape index (κ1) is 16.0. The van der Waals surface area contributed by atoms with E-state index in [0.717, 1.165) is 33.5 Å². The highest BCUT2D eigenvalue weighted by Crippen LogP contribution is 2.28. The van der Waals surface area contributed by atoms with Gasteiger partial charge in [0.1, 0.15) is 4.34 Å². The van der Waals surface area contributed by atoms with Crippen LogP contribution in [0.1, 0.15) is 36.3 Å². The molecule has 106 valence electrons. The number of thioether (sulfide) groups is 1. The third-order valence-corrected chi connectivity index (χ3v) is 4.83. The maximum atomic E-state index is 10.6. The van der Waals surface area contributed by atoms with Gasteiger partial charge in [0.2, 0.25) is 0 Å². The molecule has 0 aromatic carbocycles. The zero-order valence-electron chi connectivity index (χ0n) is 10.7. The molecule has 0 fully saturated rings. The van der Waals surface area contributed by atoms with E-state index in [-0.39, 0.29) is 12.8 Å². The van der Waals surface area contributed by atoms with Crippen LogP contribution in [0.2, 0.25) is 0 Å². The molecule has 1 aromatic rings. The molecule has 1 rings (SSSR count). The first-order valence-corrected chi connectivity index (χ1v) is 7.82. The van der Waals surface area contributed by atoms with E-state index in [4.69, 9.17) is 10.2 Å². The average molecular weight is 303 g/mol. The SMILES string of the molecule is Cc1nc(SCCCCCC(=O)O)sc1CC(=O)O. The van der Waals surface area contributed by atoms with E-state index in [0.29, 0.717) is 6.42 Å². The van der Waals surface area contributed by atoms with Crippen LogP contribution >= 0.6 is 23.1 Å². The molecule has 0 atom stereocenters. The topological polar surface area (TPSA) is 87.5 Å². The van der Waals surface area contributed by atoms with E-state index < -0.39 is 11.9 Å². The summed E-state index contributed by atoms with van der Waals surface area (Å²) in [6, 6.07) is 0. The zero-order valence-corrected chi connectivity index (χ0v) is 12.4. The molecule has 0 aliphatic rings. The molecule has 5 nitrogen and oxygen atoms in total. The van der Waals surface area contributed by atoms with Crippen LogP contribution in [0.4, 0.5) is 0 Å². The fourth-order valence-corrected chi connectivity index (χ4v) is 3.77. The molecule has 19 heavy (non-hydrogen) atoms. The summed E-state index contributed by atoms with van der Waals surface area (Å²) >= 11 is 3.04. The lowest BCUT2D eigenvalue weighted by molar-refractivity contribution is -0.137. The fraction of sp³-hybridized carbons (Fsp3) is 0.583. The first-order valence-electron chi connectivity index (χ1n) is 6.01. The summed E-state index contributed by atoms with van der Waals surface area (Å²) in [7, 11) is 0. The molecule has 1 heterocycles. The lowest BCUT2D eigenvalue weighted by Crippen LogP contribution is -1.99. The number of aryl methyl sites for hydroxylation is 1. The Morgan fingerprint density at radius 3 is 2.58 bits per heavy atom. The first-order chi connectivity index (χ1) is 8.99. The lowest BCUT2D eigenvalue weighted by Gasteiger charge is -1.97. The highest BCUT2D eigenvalue weighted by molar-refractivity contribution is 8.01. The summed E-state index contributed by atoms with van der Waals surface area (Å²) in [5, 5.41) is 17.2. The number of aromatic nitrogens is 1. The summed E-state index contributed by atoms with van der Waals surface area (Å²) in [6.07, 6.45) is 2.81. The maximum Gasteiger partial charge on any atom is 0.308 e. The third-order valence-electron chi connectivity index (χ3n) is 2.45. The number of carboxylic acid groups (broad SMARTS) is 2. The van der Waals surface area contributed by atoms with Crippen molar-refractivity contribution in [3.05, 3.63) is 10.6 Å². The molecule has 0 aliphatic carbocycles. The quantitative estimate of drug-likeness (QED) is 0.539. The summed E-state index contributed by atoms with van der Waals surface area (Å²) in [4.78, 5) is 26.1. The Morgan fingerprint density at radius 1 is 1.21 bits per heavy atom. The van der Waals surface area contributed by atoms with Crippen LogP contribution in [0, 0.1) is 6.92 Å². The van der Waals surface area contributed by atoms with Crippen LogP contribution in [0.15, 0.2) is 4.34 Å². The van der Waals surface area contributed by atoms with Gasteiger partial charge in [-0.15, -0.1) is 11.3 Å². The Bertz CT molecular complexity index is 445. The third kappa shape index (κ3) is 6.58. The van der Waals surface area contributed by atoms with E-state index in [1.807, 2.05) is 6.92 Å². The van der Waals surface area contributed by atoms with Gasteiger partial charge >= 0.3 is 11.9 Å². The predicted octanol–water partition coefficient (Wildman–Crippen LogP) is 2.82. The van der Waals surface area contributed by atoms with Gasteiger partial charge in [-0.3, -0.25) is 9.59 Å². The molecule has 0 saturated carbocycles. The van der Waals surface area contributed by atoms with Crippen molar-refractivity contribution >= 4 is 35.0 Å². The van der Waals surface area contributed by atoms with Crippen LogP contribution in [0.25, 0.3) is 0 Å².